The molecule has 2 amide bonds. The van der Waals surface area contributed by atoms with Crippen LogP contribution in [0.1, 0.15) is 51.7 Å². The molecule has 0 saturated heterocycles. The molecule has 40 heavy (non-hydrogen) atoms. The maximum absolute atomic E-state index is 13.8. The third-order valence-corrected chi connectivity index (χ3v) is 6.59. The van der Waals surface area contributed by atoms with Gasteiger partial charge in [-0.25, -0.2) is 9.37 Å². The van der Waals surface area contributed by atoms with Gasteiger partial charge in [-0.2, -0.15) is 0 Å². The molecule has 0 bridgehead atoms. The maximum Gasteiger partial charge on any atom is 0.255 e. The van der Waals surface area contributed by atoms with Crippen molar-refractivity contribution in [2.45, 2.75) is 19.9 Å². The quantitative estimate of drug-likeness (QED) is 0.221. The van der Waals surface area contributed by atoms with Crippen LogP contribution < -0.4 is 16.4 Å². The standard InChI is InChI=1S/C32H29FN4O3/c1-19(2)17-36-31(38)26-15-22(9-12-24(26)21-13-14-35-29(34)16-21)30(20-7-10-23(33)11-8-20)37-32(39)27-18-40-28-6-4-3-5-25(27)28/h3-16,18-19,30H,17H2,1-2H3,(H2,34,35)(H,36,38)(H,37,39). The Balaban J connectivity index is 1.59. The van der Waals surface area contributed by atoms with E-state index in [-0.39, 0.29) is 17.7 Å². The van der Waals surface area contributed by atoms with E-state index in [9.17, 15) is 14.0 Å². The second-order valence-electron chi connectivity index (χ2n) is 9.98. The van der Waals surface area contributed by atoms with Crippen LogP contribution in [0.3, 0.4) is 0 Å². The molecule has 1 unspecified atom stereocenters. The molecule has 0 aliphatic rings. The lowest BCUT2D eigenvalue weighted by Crippen LogP contribution is -2.30. The van der Waals surface area contributed by atoms with Crippen LogP contribution in [0, 0.1) is 11.7 Å². The van der Waals surface area contributed by atoms with E-state index in [0.29, 0.717) is 51.1 Å². The Bertz CT molecular complexity index is 1680. The molecule has 2 heterocycles. The van der Waals surface area contributed by atoms with Crippen molar-refractivity contribution in [2.75, 3.05) is 12.3 Å². The third kappa shape index (κ3) is 5.71. The summed E-state index contributed by atoms with van der Waals surface area (Å²) in [7, 11) is 0. The van der Waals surface area contributed by atoms with Gasteiger partial charge in [-0.3, -0.25) is 9.59 Å². The Morgan fingerprint density at radius 2 is 1.68 bits per heavy atom. The average Bonchev–Trinajstić information content (AvgIpc) is 3.39. The molecule has 0 aliphatic heterocycles. The topological polar surface area (TPSA) is 110 Å². The molecule has 0 fully saturated rings. The van der Waals surface area contributed by atoms with Gasteiger partial charge in [0.1, 0.15) is 23.5 Å². The highest BCUT2D eigenvalue weighted by molar-refractivity contribution is 6.06. The number of furan rings is 1. The fraction of sp³-hybridized carbons (Fsp3) is 0.156. The highest BCUT2D eigenvalue weighted by Gasteiger charge is 2.23. The molecule has 0 aliphatic carbocycles. The number of nitrogens with zero attached hydrogens (tertiary/aromatic N) is 1. The zero-order valence-corrected chi connectivity index (χ0v) is 22.1. The van der Waals surface area contributed by atoms with E-state index < -0.39 is 11.9 Å². The number of hydrogen-bond acceptors (Lipinski definition) is 5. The number of rotatable bonds is 8. The van der Waals surface area contributed by atoms with Gasteiger partial charge in [-0.1, -0.05) is 56.3 Å². The first-order valence-corrected chi connectivity index (χ1v) is 13.0. The first kappa shape index (κ1) is 26.6. The first-order valence-electron chi connectivity index (χ1n) is 13.0. The molecule has 7 nitrogen and oxygen atoms in total. The maximum atomic E-state index is 13.8. The molecule has 0 radical (unpaired) electrons. The van der Waals surface area contributed by atoms with Crippen LogP contribution in [0.2, 0.25) is 0 Å². The van der Waals surface area contributed by atoms with Gasteiger partial charge in [0, 0.05) is 23.7 Å². The third-order valence-electron chi connectivity index (χ3n) is 6.59. The van der Waals surface area contributed by atoms with Crippen molar-refractivity contribution < 1.29 is 18.4 Å². The van der Waals surface area contributed by atoms with Gasteiger partial charge in [0.25, 0.3) is 11.8 Å². The number of benzene rings is 3. The summed E-state index contributed by atoms with van der Waals surface area (Å²) >= 11 is 0. The molecule has 202 valence electrons. The van der Waals surface area contributed by atoms with Crippen LogP contribution in [0.15, 0.2) is 95.7 Å². The molecular formula is C32H29FN4O3. The van der Waals surface area contributed by atoms with Crippen molar-refractivity contribution in [1.29, 1.82) is 0 Å². The van der Waals surface area contributed by atoms with E-state index in [1.165, 1.54) is 18.4 Å². The van der Waals surface area contributed by atoms with Crippen molar-refractivity contribution in [3.63, 3.8) is 0 Å². The van der Waals surface area contributed by atoms with Crippen LogP contribution >= 0.6 is 0 Å². The molecular weight excluding hydrogens is 507 g/mol. The summed E-state index contributed by atoms with van der Waals surface area (Å²) < 4.78 is 19.4. The second-order valence-corrected chi connectivity index (χ2v) is 9.98. The number of carbonyl (C=O) groups is 2. The molecule has 0 spiro atoms. The smallest absolute Gasteiger partial charge is 0.255 e. The van der Waals surface area contributed by atoms with Gasteiger partial charge in [0.2, 0.25) is 0 Å². The van der Waals surface area contributed by atoms with Crippen molar-refractivity contribution in [3.8, 4) is 11.1 Å². The molecule has 2 aromatic heterocycles. The number of carbonyl (C=O) groups excluding carboxylic acids is 2. The Hall–Kier alpha value is -4.98. The van der Waals surface area contributed by atoms with Crippen LogP contribution in [0.25, 0.3) is 22.1 Å². The predicted octanol–water partition coefficient (Wildman–Crippen LogP) is 6.12. The lowest BCUT2D eigenvalue weighted by atomic mass is 9.92. The molecule has 0 saturated carbocycles. The number of halogens is 1. The Morgan fingerprint density at radius 1 is 0.925 bits per heavy atom. The van der Waals surface area contributed by atoms with Crippen LogP contribution in [0.5, 0.6) is 0 Å². The number of nitrogens with two attached hydrogens (primary N) is 1. The van der Waals surface area contributed by atoms with E-state index in [1.54, 1.807) is 42.6 Å². The highest BCUT2D eigenvalue weighted by Crippen LogP contribution is 2.31. The van der Waals surface area contributed by atoms with Crippen LogP contribution in [0.4, 0.5) is 10.2 Å². The minimum absolute atomic E-state index is 0.253. The molecule has 3 aromatic carbocycles. The van der Waals surface area contributed by atoms with Gasteiger partial charge in [0.15, 0.2) is 0 Å². The predicted molar refractivity (Wildman–Crippen MR) is 153 cm³/mol. The van der Waals surface area contributed by atoms with Crippen molar-refractivity contribution >= 4 is 28.6 Å². The Labute approximate surface area is 231 Å². The summed E-state index contributed by atoms with van der Waals surface area (Å²) in [5.74, 6) is -0.432. The number of hydrogen-bond donors (Lipinski definition) is 3. The Morgan fingerprint density at radius 3 is 2.42 bits per heavy atom. The number of nitrogens with one attached hydrogen (secondary N) is 2. The molecule has 1 atom stereocenters. The lowest BCUT2D eigenvalue weighted by Gasteiger charge is -2.22. The number of para-hydroxylation sites is 1. The van der Waals surface area contributed by atoms with E-state index in [0.717, 1.165) is 5.56 Å². The molecule has 5 rings (SSSR count). The van der Waals surface area contributed by atoms with Gasteiger partial charge in [-0.15, -0.1) is 0 Å². The minimum atomic E-state index is -0.685. The summed E-state index contributed by atoms with van der Waals surface area (Å²) in [4.78, 5) is 31.0. The number of fused-ring (bicyclic) bond motifs is 1. The highest BCUT2D eigenvalue weighted by atomic mass is 19.1. The minimum Gasteiger partial charge on any atom is -0.463 e. The van der Waals surface area contributed by atoms with Gasteiger partial charge in [-0.05, 0) is 64.6 Å². The first-order chi connectivity index (χ1) is 19.3. The zero-order valence-electron chi connectivity index (χ0n) is 22.1. The van der Waals surface area contributed by atoms with Crippen LogP contribution in [-0.2, 0) is 0 Å². The monoisotopic (exact) mass is 536 g/mol. The van der Waals surface area contributed by atoms with Crippen molar-refractivity contribution in [2.24, 2.45) is 5.92 Å². The number of amides is 2. The normalized spacial score (nSPS) is 11.9. The summed E-state index contributed by atoms with van der Waals surface area (Å²) in [5.41, 5.74) is 10.0. The molecule has 8 heteroatoms. The van der Waals surface area contributed by atoms with Gasteiger partial charge in [0.05, 0.1) is 11.6 Å². The zero-order chi connectivity index (χ0) is 28.2. The summed E-state index contributed by atoms with van der Waals surface area (Å²) in [6.45, 7) is 4.52. The van der Waals surface area contributed by atoms with Crippen LogP contribution in [-0.4, -0.2) is 23.3 Å². The SMILES string of the molecule is CC(C)CNC(=O)c1cc(C(NC(=O)c2coc3ccccc23)c2ccc(F)cc2)ccc1-c1ccnc(N)c1. The van der Waals surface area contributed by atoms with E-state index in [4.69, 9.17) is 10.2 Å². The van der Waals surface area contributed by atoms with Crippen molar-refractivity contribution in [3.05, 3.63) is 119 Å². The Kier molecular flexibility index (Phi) is 7.59. The number of aromatic nitrogens is 1. The molecule has 5 aromatic rings. The average molecular weight is 537 g/mol. The van der Waals surface area contributed by atoms with E-state index in [2.05, 4.69) is 15.6 Å². The van der Waals surface area contributed by atoms with Crippen molar-refractivity contribution in [1.82, 2.24) is 15.6 Å². The largest absolute Gasteiger partial charge is 0.463 e. The number of nitrogen functional groups attached to an aromatic ring is 1. The summed E-state index contributed by atoms with van der Waals surface area (Å²) in [5, 5.41) is 6.73. The van der Waals surface area contributed by atoms with E-state index in [1.807, 2.05) is 44.2 Å². The van der Waals surface area contributed by atoms with Gasteiger partial charge < -0.3 is 20.8 Å². The van der Waals surface area contributed by atoms with E-state index >= 15 is 0 Å². The lowest BCUT2D eigenvalue weighted by molar-refractivity contribution is 0.0940. The fourth-order valence-electron chi connectivity index (χ4n) is 4.57. The number of anilines is 1. The number of pyridine rings is 1. The summed E-state index contributed by atoms with van der Waals surface area (Å²) in [6, 6.07) is 21.4. The molecule has 4 N–H and O–H groups in total. The fourth-order valence-corrected chi connectivity index (χ4v) is 4.57. The van der Waals surface area contributed by atoms with Gasteiger partial charge >= 0.3 is 0 Å². The summed E-state index contributed by atoms with van der Waals surface area (Å²) in [6.07, 6.45) is 3.01. The second kappa shape index (κ2) is 11.4.